The fraction of sp³-hybridized carbons (Fsp3) is 0.273. The van der Waals surface area contributed by atoms with Crippen LogP contribution in [0, 0.1) is 0 Å². The van der Waals surface area contributed by atoms with Gasteiger partial charge in [-0.25, -0.2) is 4.99 Å². The Morgan fingerprint density at radius 2 is 1.83 bits per heavy atom. The first-order valence-corrected chi connectivity index (χ1v) is 12.2. The van der Waals surface area contributed by atoms with Gasteiger partial charge in [0.25, 0.3) is 5.91 Å². The van der Waals surface area contributed by atoms with Crippen molar-refractivity contribution in [2.24, 2.45) is 4.99 Å². The maximum absolute atomic E-state index is 13.4. The van der Waals surface area contributed by atoms with Gasteiger partial charge in [0, 0.05) is 23.0 Å². The van der Waals surface area contributed by atoms with Crippen LogP contribution in [0.25, 0.3) is 0 Å². The predicted molar refractivity (Wildman–Crippen MR) is 130 cm³/mol. The van der Waals surface area contributed by atoms with Crippen molar-refractivity contribution < 1.29 is 4.79 Å². The van der Waals surface area contributed by atoms with Crippen molar-refractivity contribution in [3.63, 3.8) is 0 Å². The molecule has 2 aliphatic heterocycles. The first-order valence-electron chi connectivity index (χ1n) is 9.85. The minimum absolute atomic E-state index is 0.000827. The minimum atomic E-state index is -0.000827. The van der Waals surface area contributed by atoms with E-state index in [1.807, 2.05) is 42.5 Å². The lowest BCUT2D eigenvalue weighted by Crippen LogP contribution is -2.30. The van der Waals surface area contributed by atoms with Crippen molar-refractivity contribution in [1.82, 2.24) is 4.90 Å². The number of benzene rings is 2. The van der Waals surface area contributed by atoms with Gasteiger partial charge in [0.05, 0.1) is 16.4 Å². The standard InChI is InChI=1S/C22H21Cl2N3OS2/c1-3-5-12-27-20(28)19(30-22(27)25-16-9-7-6-8-15(16)24)21-26(4-2)17-13-14(23)10-11-18(17)29-21/h6-11,13H,3-5,12H2,1-2H3/b21-19-,25-22?. The highest BCUT2D eigenvalue weighted by Gasteiger charge is 2.39. The van der Waals surface area contributed by atoms with E-state index in [9.17, 15) is 4.79 Å². The quantitative estimate of drug-likeness (QED) is 0.428. The number of amides is 1. The molecule has 1 fully saturated rings. The van der Waals surface area contributed by atoms with Crippen molar-refractivity contribution in [3.05, 3.63) is 62.4 Å². The van der Waals surface area contributed by atoms with E-state index < -0.39 is 0 Å². The summed E-state index contributed by atoms with van der Waals surface area (Å²) in [6.07, 6.45) is 1.91. The van der Waals surface area contributed by atoms with Crippen molar-refractivity contribution in [3.8, 4) is 0 Å². The maximum Gasteiger partial charge on any atom is 0.269 e. The number of carbonyl (C=O) groups excluding carboxylic acids is 1. The Kier molecular flexibility index (Phi) is 6.68. The van der Waals surface area contributed by atoms with Crippen LogP contribution in [0.2, 0.25) is 10.0 Å². The number of aliphatic imine (C=N–C) groups is 1. The predicted octanol–water partition coefficient (Wildman–Crippen LogP) is 7.16. The van der Waals surface area contributed by atoms with Crippen LogP contribution in [-0.4, -0.2) is 29.1 Å². The molecule has 4 nitrogen and oxygen atoms in total. The third-order valence-electron chi connectivity index (χ3n) is 4.84. The summed E-state index contributed by atoms with van der Waals surface area (Å²) in [5, 5.41) is 2.88. The van der Waals surface area contributed by atoms with E-state index in [0.717, 1.165) is 35.0 Å². The van der Waals surface area contributed by atoms with E-state index in [2.05, 4.69) is 18.7 Å². The van der Waals surface area contributed by atoms with Crippen molar-refractivity contribution in [2.45, 2.75) is 31.6 Å². The van der Waals surface area contributed by atoms with Crippen molar-refractivity contribution in [2.75, 3.05) is 18.0 Å². The molecule has 2 aromatic rings. The molecule has 0 saturated carbocycles. The summed E-state index contributed by atoms with van der Waals surface area (Å²) >= 11 is 15.6. The first-order chi connectivity index (χ1) is 14.5. The summed E-state index contributed by atoms with van der Waals surface area (Å²) in [7, 11) is 0. The molecule has 4 rings (SSSR count). The Morgan fingerprint density at radius 3 is 2.57 bits per heavy atom. The molecule has 2 heterocycles. The Hall–Kier alpha value is -1.60. The number of fused-ring (bicyclic) bond motifs is 1. The topological polar surface area (TPSA) is 35.9 Å². The summed E-state index contributed by atoms with van der Waals surface area (Å²) in [5.41, 5.74) is 1.71. The highest BCUT2D eigenvalue weighted by Crippen LogP contribution is 2.51. The molecule has 0 atom stereocenters. The molecule has 1 amide bonds. The molecule has 0 aliphatic carbocycles. The number of nitrogens with zero attached hydrogens (tertiary/aromatic N) is 3. The summed E-state index contributed by atoms with van der Waals surface area (Å²) in [6, 6.07) is 13.3. The van der Waals surface area contributed by atoms with E-state index in [0.29, 0.717) is 32.4 Å². The summed E-state index contributed by atoms with van der Waals surface area (Å²) in [5.74, 6) is -0.000827. The number of thioether (sulfide) groups is 2. The number of para-hydroxylation sites is 1. The molecule has 2 aromatic carbocycles. The lowest BCUT2D eigenvalue weighted by atomic mass is 10.3. The molecule has 8 heteroatoms. The zero-order chi connectivity index (χ0) is 21.3. The van der Waals surface area contributed by atoms with Gasteiger partial charge in [0.15, 0.2) is 5.17 Å². The SMILES string of the molecule is CCCCN1C(=O)/C(=C2/Sc3ccc(Cl)cc3N2CC)SC1=Nc1ccccc1Cl. The second-order valence-electron chi connectivity index (χ2n) is 6.85. The average Bonchev–Trinajstić information content (AvgIpc) is 3.24. The zero-order valence-corrected chi connectivity index (χ0v) is 19.8. The third-order valence-corrected chi connectivity index (χ3v) is 7.77. The van der Waals surface area contributed by atoms with Gasteiger partial charge in [-0.3, -0.25) is 9.69 Å². The highest BCUT2D eigenvalue weighted by atomic mass is 35.5. The van der Waals surface area contributed by atoms with E-state index in [1.54, 1.807) is 16.7 Å². The monoisotopic (exact) mass is 477 g/mol. The molecule has 1 saturated heterocycles. The van der Waals surface area contributed by atoms with E-state index in [1.165, 1.54) is 11.8 Å². The Labute approximate surface area is 195 Å². The Balaban J connectivity index is 1.76. The van der Waals surface area contributed by atoms with Gasteiger partial charge in [0.1, 0.15) is 9.93 Å². The average molecular weight is 478 g/mol. The molecule has 0 spiro atoms. The molecule has 156 valence electrons. The second-order valence-corrected chi connectivity index (χ2v) is 9.70. The lowest BCUT2D eigenvalue weighted by Gasteiger charge is -2.19. The van der Waals surface area contributed by atoms with E-state index in [-0.39, 0.29) is 5.91 Å². The van der Waals surface area contributed by atoms with Crippen LogP contribution >= 0.6 is 46.7 Å². The van der Waals surface area contributed by atoms with Crippen LogP contribution in [0.3, 0.4) is 0 Å². The number of anilines is 1. The lowest BCUT2D eigenvalue weighted by molar-refractivity contribution is -0.122. The molecule has 0 bridgehead atoms. The fourth-order valence-electron chi connectivity index (χ4n) is 3.32. The van der Waals surface area contributed by atoms with Gasteiger partial charge in [-0.15, -0.1) is 0 Å². The van der Waals surface area contributed by atoms with Gasteiger partial charge in [-0.05, 0) is 55.4 Å². The van der Waals surface area contributed by atoms with Crippen LogP contribution in [0.1, 0.15) is 26.7 Å². The minimum Gasteiger partial charge on any atom is -0.334 e. The molecule has 0 aromatic heterocycles. The van der Waals surface area contributed by atoms with Crippen LogP contribution in [0.5, 0.6) is 0 Å². The van der Waals surface area contributed by atoms with Crippen LogP contribution in [-0.2, 0) is 4.79 Å². The number of hydrogen-bond donors (Lipinski definition) is 0. The number of halogens is 2. The fourth-order valence-corrected chi connectivity index (χ4v) is 6.05. The van der Waals surface area contributed by atoms with E-state index in [4.69, 9.17) is 28.2 Å². The van der Waals surface area contributed by atoms with Crippen molar-refractivity contribution >= 4 is 69.2 Å². The molecule has 0 unspecified atom stereocenters. The van der Waals surface area contributed by atoms with Gasteiger partial charge in [-0.2, -0.15) is 0 Å². The number of rotatable bonds is 5. The van der Waals surface area contributed by atoms with Gasteiger partial charge >= 0.3 is 0 Å². The molecular formula is C22H21Cl2N3OS2. The molecular weight excluding hydrogens is 457 g/mol. The maximum atomic E-state index is 13.4. The van der Waals surface area contributed by atoms with E-state index >= 15 is 0 Å². The summed E-state index contributed by atoms with van der Waals surface area (Å²) < 4.78 is 0. The Morgan fingerprint density at radius 1 is 1.03 bits per heavy atom. The van der Waals surface area contributed by atoms with Crippen LogP contribution in [0.15, 0.2) is 62.3 Å². The van der Waals surface area contributed by atoms with Crippen molar-refractivity contribution in [1.29, 1.82) is 0 Å². The van der Waals surface area contributed by atoms with Crippen LogP contribution in [0.4, 0.5) is 11.4 Å². The Bertz CT molecular complexity index is 1050. The second kappa shape index (κ2) is 9.27. The number of unbranched alkanes of at least 4 members (excludes halogenated alkanes) is 1. The zero-order valence-electron chi connectivity index (χ0n) is 16.7. The largest absolute Gasteiger partial charge is 0.334 e. The summed E-state index contributed by atoms with van der Waals surface area (Å²) in [6.45, 7) is 5.58. The van der Waals surface area contributed by atoms with Gasteiger partial charge in [0.2, 0.25) is 0 Å². The molecule has 0 N–H and O–H groups in total. The number of hydrogen-bond acceptors (Lipinski definition) is 5. The molecule has 2 aliphatic rings. The summed E-state index contributed by atoms with van der Waals surface area (Å²) in [4.78, 5) is 23.9. The van der Waals surface area contributed by atoms with Gasteiger partial charge < -0.3 is 4.90 Å². The van der Waals surface area contributed by atoms with Gasteiger partial charge in [-0.1, -0.05) is 60.4 Å². The smallest absolute Gasteiger partial charge is 0.269 e. The normalized spacial score (nSPS) is 19.9. The molecule has 0 radical (unpaired) electrons. The number of amidine groups is 1. The first kappa shape index (κ1) is 21.6. The highest BCUT2D eigenvalue weighted by molar-refractivity contribution is 8.19. The van der Waals surface area contributed by atoms with Crippen LogP contribution < -0.4 is 4.90 Å². The number of carbonyl (C=O) groups is 1. The third kappa shape index (κ3) is 4.11. The molecule has 30 heavy (non-hydrogen) atoms.